The van der Waals surface area contributed by atoms with E-state index in [0.717, 1.165) is 18.5 Å². The van der Waals surface area contributed by atoms with Crippen molar-refractivity contribution in [2.75, 3.05) is 27.2 Å². The summed E-state index contributed by atoms with van der Waals surface area (Å²) in [5, 5.41) is 3.23. The molecule has 1 N–H and O–H groups in total. The number of hydrogen-bond donors (Lipinski definition) is 1. The molecule has 0 spiro atoms. The molecule has 0 bridgehead atoms. The van der Waals surface area contributed by atoms with Gasteiger partial charge in [-0.2, -0.15) is 0 Å². The second-order valence-electron chi connectivity index (χ2n) is 5.37. The van der Waals surface area contributed by atoms with Crippen molar-refractivity contribution in [3.05, 3.63) is 0 Å². The van der Waals surface area contributed by atoms with Gasteiger partial charge in [0.15, 0.2) is 0 Å². The first-order valence-electron chi connectivity index (χ1n) is 7.12. The van der Waals surface area contributed by atoms with E-state index in [1.807, 2.05) is 7.05 Å². The van der Waals surface area contributed by atoms with Gasteiger partial charge in [-0.15, -0.1) is 0 Å². The fourth-order valence-electron chi connectivity index (χ4n) is 2.90. The van der Waals surface area contributed by atoms with Gasteiger partial charge in [-0.25, -0.2) is 0 Å². The summed E-state index contributed by atoms with van der Waals surface area (Å²) in [5.41, 5.74) is 0. The second-order valence-corrected chi connectivity index (χ2v) is 5.37. The SMILES string of the molecule is CCC1CCCC(N(C)CCCNC)CC1. The molecule has 0 amide bonds. The average Bonchev–Trinajstić information content (AvgIpc) is 2.54. The molecule has 0 saturated heterocycles. The van der Waals surface area contributed by atoms with Crippen LogP contribution in [0.5, 0.6) is 0 Å². The Kier molecular flexibility index (Phi) is 7.06. The van der Waals surface area contributed by atoms with E-state index in [9.17, 15) is 0 Å². The lowest BCUT2D eigenvalue weighted by Gasteiger charge is -2.27. The highest BCUT2D eigenvalue weighted by Crippen LogP contribution is 2.27. The molecule has 0 aliphatic heterocycles. The van der Waals surface area contributed by atoms with Crippen LogP contribution in [0.4, 0.5) is 0 Å². The first-order valence-corrected chi connectivity index (χ1v) is 7.12. The highest BCUT2D eigenvalue weighted by Gasteiger charge is 2.20. The highest BCUT2D eigenvalue weighted by molar-refractivity contribution is 4.75. The molecular weight excluding hydrogens is 196 g/mol. The van der Waals surface area contributed by atoms with E-state index >= 15 is 0 Å². The van der Waals surface area contributed by atoms with Gasteiger partial charge in [-0.05, 0) is 58.8 Å². The minimum Gasteiger partial charge on any atom is -0.320 e. The first-order chi connectivity index (χ1) is 7.77. The van der Waals surface area contributed by atoms with Gasteiger partial charge in [0.2, 0.25) is 0 Å². The van der Waals surface area contributed by atoms with Crippen molar-refractivity contribution in [3.63, 3.8) is 0 Å². The van der Waals surface area contributed by atoms with E-state index in [1.54, 1.807) is 0 Å². The number of nitrogens with one attached hydrogen (secondary N) is 1. The normalized spacial score (nSPS) is 27.0. The van der Waals surface area contributed by atoms with Crippen molar-refractivity contribution in [1.29, 1.82) is 0 Å². The van der Waals surface area contributed by atoms with E-state index in [4.69, 9.17) is 0 Å². The Labute approximate surface area is 102 Å². The Hall–Kier alpha value is -0.0800. The summed E-state index contributed by atoms with van der Waals surface area (Å²) in [4.78, 5) is 2.59. The molecule has 16 heavy (non-hydrogen) atoms. The van der Waals surface area contributed by atoms with E-state index in [0.29, 0.717) is 0 Å². The van der Waals surface area contributed by atoms with Crippen molar-refractivity contribution in [3.8, 4) is 0 Å². The molecule has 0 aromatic rings. The van der Waals surface area contributed by atoms with Gasteiger partial charge in [0, 0.05) is 6.04 Å². The van der Waals surface area contributed by atoms with Gasteiger partial charge < -0.3 is 10.2 Å². The maximum absolute atomic E-state index is 3.23. The predicted octanol–water partition coefficient (Wildman–Crippen LogP) is 2.89. The van der Waals surface area contributed by atoms with Crippen LogP contribution in [0.1, 0.15) is 51.9 Å². The topological polar surface area (TPSA) is 15.3 Å². The molecule has 1 aliphatic carbocycles. The largest absolute Gasteiger partial charge is 0.320 e. The molecule has 0 aromatic carbocycles. The van der Waals surface area contributed by atoms with Gasteiger partial charge >= 0.3 is 0 Å². The number of hydrogen-bond acceptors (Lipinski definition) is 2. The monoisotopic (exact) mass is 226 g/mol. The lowest BCUT2D eigenvalue weighted by molar-refractivity contribution is 0.216. The number of rotatable bonds is 6. The van der Waals surface area contributed by atoms with Crippen LogP contribution in [0.3, 0.4) is 0 Å². The van der Waals surface area contributed by atoms with Gasteiger partial charge in [0.1, 0.15) is 0 Å². The first kappa shape index (κ1) is 14.0. The van der Waals surface area contributed by atoms with Crippen LogP contribution in [-0.4, -0.2) is 38.1 Å². The van der Waals surface area contributed by atoms with Crippen LogP contribution in [0.2, 0.25) is 0 Å². The van der Waals surface area contributed by atoms with Gasteiger partial charge in [-0.3, -0.25) is 0 Å². The molecule has 1 aliphatic rings. The number of nitrogens with zero attached hydrogens (tertiary/aromatic N) is 1. The van der Waals surface area contributed by atoms with Crippen LogP contribution in [-0.2, 0) is 0 Å². The van der Waals surface area contributed by atoms with Crippen molar-refractivity contribution >= 4 is 0 Å². The Morgan fingerprint density at radius 1 is 1.19 bits per heavy atom. The molecule has 2 unspecified atom stereocenters. The second kappa shape index (κ2) is 8.08. The van der Waals surface area contributed by atoms with Gasteiger partial charge in [-0.1, -0.05) is 26.2 Å². The third-order valence-corrected chi connectivity index (χ3v) is 4.20. The summed E-state index contributed by atoms with van der Waals surface area (Å²) in [6.07, 6.45) is 9.88. The van der Waals surface area contributed by atoms with E-state index in [2.05, 4.69) is 24.2 Å². The molecule has 2 nitrogen and oxygen atoms in total. The summed E-state index contributed by atoms with van der Waals surface area (Å²) < 4.78 is 0. The molecule has 1 fully saturated rings. The molecule has 1 saturated carbocycles. The average molecular weight is 226 g/mol. The fourth-order valence-corrected chi connectivity index (χ4v) is 2.90. The molecular formula is C14H30N2. The van der Waals surface area contributed by atoms with Crippen molar-refractivity contribution in [1.82, 2.24) is 10.2 Å². The molecule has 2 atom stereocenters. The van der Waals surface area contributed by atoms with Crippen LogP contribution < -0.4 is 5.32 Å². The van der Waals surface area contributed by atoms with Crippen LogP contribution >= 0.6 is 0 Å². The molecule has 0 heterocycles. The standard InChI is InChI=1S/C14H30N2/c1-4-13-7-5-8-14(10-9-13)16(3)12-6-11-15-2/h13-15H,4-12H2,1-3H3. The Morgan fingerprint density at radius 2 is 2.00 bits per heavy atom. The quantitative estimate of drug-likeness (QED) is 0.553. The van der Waals surface area contributed by atoms with E-state index < -0.39 is 0 Å². The summed E-state index contributed by atoms with van der Waals surface area (Å²) in [6.45, 7) is 4.75. The van der Waals surface area contributed by atoms with E-state index in [1.165, 1.54) is 51.5 Å². The molecule has 96 valence electrons. The molecule has 2 heteroatoms. The summed E-state index contributed by atoms with van der Waals surface area (Å²) in [7, 11) is 4.35. The third kappa shape index (κ3) is 4.84. The smallest absolute Gasteiger partial charge is 0.00923 e. The molecule has 0 aromatic heterocycles. The zero-order chi connectivity index (χ0) is 11.8. The fraction of sp³-hybridized carbons (Fsp3) is 1.00. The maximum atomic E-state index is 3.23. The van der Waals surface area contributed by atoms with Gasteiger partial charge in [0.25, 0.3) is 0 Å². The third-order valence-electron chi connectivity index (χ3n) is 4.20. The minimum atomic E-state index is 0.855. The minimum absolute atomic E-state index is 0.855. The zero-order valence-electron chi connectivity index (χ0n) is 11.5. The summed E-state index contributed by atoms with van der Waals surface area (Å²) in [5.74, 6) is 1.01. The molecule has 0 radical (unpaired) electrons. The highest BCUT2D eigenvalue weighted by atomic mass is 15.1. The maximum Gasteiger partial charge on any atom is 0.00923 e. The zero-order valence-corrected chi connectivity index (χ0v) is 11.5. The predicted molar refractivity (Wildman–Crippen MR) is 71.8 cm³/mol. The lowest BCUT2D eigenvalue weighted by atomic mass is 9.97. The van der Waals surface area contributed by atoms with Crippen molar-refractivity contribution in [2.45, 2.75) is 57.9 Å². The molecule has 1 rings (SSSR count). The van der Waals surface area contributed by atoms with Crippen molar-refractivity contribution < 1.29 is 0 Å². The summed E-state index contributed by atoms with van der Waals surface area (Å²) >= 11 is 0. The Balaban J connectivity index is 2.24. The van der Waals surface area contributed by atoms with Crippen LogP contribution in [0.15, 0.2) is 0 Å². The van der Waals surface area contributed by atoms with E-state index in [-0.39, 0.29) is 0 Å². The van der Waals surface area contributed by atoms with Crippen LogP contribution in [0, 0.1) is 5.92 Å². The lowest BCUT2D eigenvalue weighted by Crippen LogP contribution is -2.33. The van der Waals surface area contributed by atoms with Crippen LogP contribution in [0.25, 0.3) is 0 Å². The summed E-state index contributed by atoms with van der Waals surface area (Å²) in [6, 6.07) is 0.855. The van der Waals surface area contributed by atoms with Crippen molar-refractivity contribution in [2.24, 2.45) is 5.92 Å². The Morgan fingerprint density at radius 3 is 2.69 bits per heavy atom. The Bertz CT molecular complexity index is 170. The van der Waals surface area contributed by atoms with Gasteiger partial charge in [0.05, 0.1) is 0 Å².